The quantitative estimate of drug-likeness (QED) is 0.136. The third-order valence-corrected chi connectivity index (χ3v) is 8.96. The van der Waals surface area contributed by atoms with Crippen LogP contribution in [0, 0.1) is 22.0 Å². The minimum atomic E-state index is -0.332. The van der Waals surface area contributed by atoms with E-state index in [-0.39, 0.29) is 10.6 Å². The van der Waals surface area contributed by atoms with Crippen LogP contribution in [0.2, 0.25) is 0 Å². The van der Waals surface area contributed by atoms with Crippen LogP contribution in [0.3, 0.4) is 0 Å². The van der Waals surface area contributed by atoms with Gasteiger partial charge < -0.3 is 9.80 Å². The fourth-order valence-corrected chi connectivity index (χ4v) is 6.55. The molecule has 5 aromatic carbocycles. The van der Waals surface area contributed by atoms with Crippen LogP contribution in [0.1, 0.15) is 12.8 Å². The van der Waals surface area contributed by atoms with Gasteiger partial charge in [-0.05, 0) is 77.6 Å². The molecule has 1 fully saturated rings. The summed E-state index contributed by atoms with van der Waals surface area (Å²) in [6.45, 7) is 0. The zero-order valence-electron chi connectivity index (χ0n) is 24.6. The van der Waals surface area contributed by atoms with Crippen molar-refractivity contribution in [3.63, 3.8) is 0 Å². The molecule has 0 aromatic heterocycles. The van der Waals surface area contributed by atoms with Gasteiger partial charge in [0.15, 0.2) is 0 Å². The fraction of sp³-hybridized carbons (Fsp3) is 0.128. The Morgan fingerprint density at radius 3 is 1.59 bits per heavy atom. The van der Waals surface area contributed by atoms with E-state index in [0.29, 0.717) is 11.8 Å². The molecule has 0 radical (unpaired) electrons. The van der Waals surface area contributed by atoms with E-state index in [4.69, 9.17) is 0 Å². The number of nitro benzene ring substituents is 1. The van der Waals surface area contributed by atoms with Crippen molar-refractivity contribution in [1.29, 1.82) is 0 Å². The second-order valence-corrected chi connectivity index (χ2v) is 11.5. The largest absolute Gasteiger partial charge is 0.348 e. The lowest BCUT2D eigenvalue weighted by Gasteiger charge is -2.47. The SMILES string of the molecule is CN(C1=CC=C(N(c2cccc(-c3ccccc3)c2)c2cccc(-c3ccccc3)c2)C2CCC12)c1cccc([N+](=O)[O-])c1. The average molecular weight is 576 g/mol. The molecule has 0 aliphatic heterocycles. The Kier molecular flexibility index (Phi) is 7.29. The van der Waals surface area contributed by atoms with E-state index in [2.05, 4.69) is 119 Å². The van der Waals surface area contributed by atoms with Gasteiger partial charge in [-0.3, -0.25) is 10.1 Å². The molecule has 7 rings (SSSR count). The van der Waals surface area contributed by atoms with E-state index < -0.39 is 0 Å². The summed E-state index contributed by atoms with van der Waals surface area (Å²) < 4.78 is 0. The van der Waals surface area contributed by atoms with Crippen LogP contribution in [0.5, 0.6) is 0 Å². The molecule has 0 heterocycles. The molecule has 0 spiro atoms. The van der Waals surface area contributed by atoms with E-state index in [1.54, 1.807) is 18.2 Å². The number of hydrogen-bond donors (Lipinski definition) is 0. The molecule has 5 aromatic rings. The van der Waals surface area contributed by atoms with Gasteiger partial charge in [-0.25, -0.2) is 0 Å². The molecule has 1 saturated carbocycles. The van der Waals surface area contributed by atoms with Gasteiger partial charge in [0.2, 0.25) is 0 Å². The van der Waals surface area contributed by atoms with Crippen LogP contribution in [0.15, 0.2) is 157 Å². The van der Waals surface area contributed by atoms with Gasteiger partial charge in [-0.1, -0.05) is 91.0 Å². The Bertz CT molecular complexity index is 1800. The number of rotatable bonds is 8. The van der Waals surface area contributed by atoms with Crippen molar-refractivity contribution in [3.8, 4) is 22.3 Å². The van der Waals surface area contributed by atoms with Crippen LogP contribution in [0.4, 0.5) is 22.7 Å². The number of hydrogen-bond acceptors (Lipinski definition) is 4. The first-order valence-corrected chi connectivity index (χ1v) is 15.1. The number of fused-ring (bicyclic) bond motifs is 1. The van der Waals surface area contributed by atoms with Crippen LogP contribution in [-0.4, -0.2) is 12.0 Å². The maximum absolute atomic E-state index is 11.5. The van der Waals surface area contributed by atoms with Gasteiger partial charge in [0.1, 0.15) is 0 Å². The van der Waals surface area contributed by atoms with Gasteiger partial charge in [0.25, 0.3) is 5.69 Å². The topological polar surface area (TPSA) is 49.6 Å². The smallest absolute Gasteiger partial charge is 0.271 e. The number of allylic oxidation sites excluding steroid dienone is 4. The molecule has 5 nitrogen and oxygen atoms in total. The van der Waals surface area contributed by atoms with E-state index >= 15 is 0 Å². The molecule has 5 heteroatoms. The van der Waals surface area contributed by atoms with Crippen molar-refractivity contribution in [2.24, 2.45) is 11.8 Å². The summed E-state index contributed by atoms with van der Waals surface area (Å²) in [5, 5.41) is 11.5. The highest BCUT2D eigenvalue weighted by molar-refractivity contribution is 5.78. The normalized spacial score (nSPS) is 17.0. The lowest BCUT2D eigenvalue weighted by molar-refractivity contribution is -0.384. The van der Waals surface area contributed by atoms with Crippen molar-refractivity contribution < 1.29 is 4.92 Å². The van der Waals surface area contributed by atoms with Crippen molar-refractivity contribution in [2.45, 2.75) is 12.8 Å². The summed E-state index contributed by atoms with van der Waals surface area (Å²) in [6.07, 6.45) is 6.64. The summed E-state index contributed by atoms with van der Waals surface area (Å²) in [5.41, 5.74) is 10.4. The summed E-state index contributed by atoms with van der Waals surface area (Å²) in [5.74, 6) is 0.660. The van der Waals surface area contributed by atoms with Crippen LogP contribution >= 0.6 is 0 Å². The highest BCUT2D eigenvalue weighted by atomic mass is 16.6. The predicted molar refractivity (Wildman–Crippen MR) is 180 cm³/mol. The zero-order valence-corrected chi connectivity index (χ0v) is 24.6. The number of anilines is 3. The predicted octanol–water partition coefficient (Wildman–Crippen LogP) is 10.0. The van der Waals surface area contributed by atoms with Crippen molar-refractivity contribution >= 4 is 22.7 Å². The van der Waals surface area contributed by atoms with E-state index in [9.17, 15) is 10.1 Å². The van der Waals surface area contributed by atoms with Gasteiger partial charge >= 0.3 is 0 Å². The van der Waals surface area contributed by atoms with Crippen LogP contribution in [-0.2, 0) is 0 Å². The highest BCUT2D eigenvalue weighted by Crippen LogP contribution is 2.51. The van der Waals surface area contributed by atoms with Crippen LogP contribution in [0.25, 0.3) is 22.3 Å². The third-order valence-electron chi connectivity index (χ3n) is 8.96. The lowest BCUT2D eigenvalue weighted by Crippen LogP contribution is -2.41. The summed E-state index contributed by atoms with van der Waals surface area (Å²) in [4.78, 5) is 15.7. The van der Waals surface area contributed by atoms with E-state index in [1.807, 2.05) is 25.2 Å². The average Bonchev–Trinajstić information content (AvgIpc) is 3.06. The van der Waals surface area contributed by atoms with Crippen LogP contribution < -0.4 is 9.80 Å². The first-order valence-electron chi connectivity index (χ1n) is 15.1. The fourth-order valence-electron chi connectivity index (χ4n) is 6.55. The minimum absolute atomic E-state index is 0.106. The first-order chi connectivity index (χ1) is 21.6. The van der Waals surface area contributed by atoms with Crippen molar-refractivity contribution in [3.05, 3.63) is 167 Å². The summed E-state index contributed by atoms with van der Waals surface area (Å²) in [6, 6.07) is 45.5. The Morgan fingerprint density at radius 2 is 1.05 bits per heavy atom. The van der Waals surface area contributed by atoms with E-state index in [1.165, 1.54) is 33.6 Å². The maximum atomic E-state index is 11.5. The van der Waals surface area contributed by atoms with Crippen molar-refractivity contribution in [1.82, 2.24) is 0 Å². The number of benzene rings is 5. The van der Waals surface area contributed by atoms with Gasteiger partial charge in [-0.2, -0.15) is 0 Å². The molecule has 216 valence electrons. The Labute approximate surface area is 258 Å². The molecule has 2 aliphatic rings. The zero-order chi connectivity index (χ0) is 30.0. The van der Waals surface area contributed by atoms with Gasteiger partial charge in [0.05, 0.1) is 4.92 Å². The maximum Gasteiger partial charge on any atom is 0.271 e. The van der Waals surface area contributed by atoms with Crippen molar-refractivity contribution in [2.75, 3.05) is 16.8 Å². The number of nitrogens with zero attached hydrogens (tertiary/aromatic N) is 3. The molecular formula is C39H33N3O2. The molecule has 44 heavy (non-hydrogen) atoms. The molecule has 0 bridgehead atoms. The number of nitro groups is 1. The first kappa shape index (κ1) is 27.4. The van der Waals surface area contributed by atoms with Gasteiger partial charge in [-0.15, -0.1) is 0 Å². The molecule has 0 N–H and O–H groups in total. The molecule has 0 amide bonds. The second-order valence-electron chi connectivity index (χ2n) is 11.5. The molecular weight excluding hydrogens is 542 g/mol. The molecule has 2 unspecified atom stereocenters. The highest BCUT2D eigenvalue weighted by Gasteiger charge is 2.42. The monoisotopic (exact) mass is 575 g/mol. The van der Waals surface area contributed by atoms with E-state index in [0.717, 1.165) is 29.9 Å². The molecule has 0 saturated heterocycles. The Morgan fingerprint density at radius 1 is 0.568 bits per heavy atom. The molecule has 2 atom stereocenters. The standard InChI is InChI=1S/C39H33N3O2/c1-40(32-17-10-20-35(27-32)42(43)44)38-23-24-39(37-22-21-36(37)38)41(33-18-8-15-30(25-33)28-11-4-2-5-12-28)34-19-9-16-31(26-34)29-13-6-3-7-14-29/h2-20,23-27,36-37H,21-22H2,1H3. The number of non-ortho nitro benzene ring substituents is 1. The summed E-state index contributed by atoms with van der Waals surface area (Å²) >= 11 is 0. The van der Waals surface area contributed by atoms with Gasteiger partial charge in [0, 0.05) is 59.5 Å². The second kappa shape index (κ2) is 11.7. The summed E-state index contributed by atoms with van der Waals surface area (Å²) in [7, 11) is 2.02. The Balaban J connectivity index is 1.33. The third kappa shape index (κ3) is 5.18. The Hall–Kier alpha value is -5.42. The molecule has 2 aliphatic carbocycles. The lowest BCUT2D eigenvalue weighted by atomic mass is 9.67. The minimum Gasteiger partial charge on any atom is -0.348 e.